The van der Waals surface area contributed by atoms with Crippen molar-refractivity contribution in [1.29, 1.82) is 0 Å². The van der Waals surface area contributed by atoms with Gasteiger partial charge in [-0.1, -0.05) is 80.1 Å². The molecular formula is C43H46O7. The van der Waals surface area contributed by atoms with Crippen LogP contribution < -0.4 is 0 Å². The quantitative estimate of drug-likeness (QED) is 0.127. The average molecular weight is 675 g/mol. The lowest BCUT2D eigenvalue weighted by molar-refractivity contribution is -0.148. The topological polar surface area (TPSA) is 96.0 Å². The molecule has 7 nitrogen and oxygen atoms in total. The van der Waals surface area contributed by atoms with Gasteiger partial charge in [0, 0.05) is 34.8 Å². The van der Waals surface area contributed by atoms with Crippen molar-refractivity contribution in [2.24, 2.45) is 40.4 Å². The van der Waals surface area contributed by atoms with Gasteiger partial charge in [-0.05, 0) is 86.7 Å². The fraction of sp³-hybridized carbons (Fsp3) is 0.488. The number of hydrogen-bond acceptors (Lipinski definition) is 7. The van der Waals surface area contributed by atoms with Crippen LogP contribution >= 0.6 is 0 Å². The van der Waals surface area contributed by atoms with Crippen molar-refractivity contribution >= 4 is 23.7 Å². The summed E-state index contributed by atoms with van der Waals surface area (Å²) in [4.78, 5) is 52.2. The first-order valence-electron chi connectivity index (χ1n) is 18.4. The zero-order chi connectivity index (χ0) is 34.8. The SMILES string of the molecule is COC(=O)C1=C(C(=O)O[C@H]2CC[C@@]3(C)C(=CC[C@H]4[C@@H]5CC[C@H](OC(=O)c6ccc(C(=O)c7ccccc7)cc6)[C@@]5(C)CC[C@@H]43)C2)C2C=CC1C2. The number of carbonyl (C=O) groups is 4. The van der Waals surface area contributed by atoms with Crippen molar-refractivity contribution in [1.82, 2.24) is 0 Å². The lowest BCUT2D eigenvalue weighted by Gasteiger charge is -2.57. The molecule has 6 aliphatic rings. The van der Waals surface area contributed by atoms with Gasteiger partial charge in [-0.2, -0.15) is 0 Å². The molecule has 8 rings (SSSR count). The van der Waals surface area contributed by atoms with E-state index in [1.165, 1.54) is 12.7 Å². The van der Waals surface area contributed by atoms with Crippen molar-refractivity contribution in [2.45, 2.75) is 83.8 Å². The van der Waals surface area contributed by atoms with Crippen LogP contribution in [-0.2, 0) is 23.8 Å². The summed E-state index contributed by atoms with van der Waals surface area (Å²) >= 11 is 0. The van der Waals surface area contributed by atoms with Crippen LogP contribution in [0.5, 0.6) is 0 Å². The minimum absolute atomic E-state index is 0.0537. The number of ketones is 1. The van der Waals surface area contributed by atoms with Crippen LogP contribution in [0.15, 0.2) is 89.5 Å². The van der Waals surface area contributed by atoms with Crippen LogP contribution in [0.1, 0.15) is 97.9 Å². The highest BCUT2D eigenvalue weighted by atomic mass is 16.5. The van der Waals surface area contributed by atoms with Crippen LogP contribution in [0.4, 0.5) is 0 Å². The minimum atomic E-state index is -0.426. The molecule has 6 aliphatic carbocycles. The van der Waals surface area contributed by atoms with E-state index in [0.717, 1.165) is 57.8 Å². The number of rotatable bonds is 7. The second kappa shape index (κ2) is 12.5. The molecule has 0 aromatic heterocycles. The Kier molecular flexibility index (Phi) is 8.23. The van der Waals surface area contributed by atoms with Gasteiger partial charge in [0.05, 0.1) is 23.8 Å². The van der Waals surface area contributed by atoms with E-state index < -0.39 is 5.97 Å². The van der Waals surface area contributed by atoms with Gasteiger partial charge in [-0.15, -0.1) is 0 Å². The third-order valence-corrected chi connectivity index (χ3v) is 13.7. The summed E-state index contributed by atoms with van der Waals surface area (Å²) in [5.41, 5.74) is 4.01. The Labute approximate surface area is 294 Å². The van der Waals surface area contributed by atoms with E-state index in [2.05, 4.69) is 19.9 Å². The molecule has 7 heteroatoms. The molecule has 0 amide bonds. The highest BCUT2D eigenvalue weighted by molar-refractivity contribution is 6.09. The monoisotopic (exact) mass is 674 g/mol. The first-order valence-corrected chi connectivity index (χ1v) is 18.4. The number of allylic oxidation sites excluding steroid dienone is 3. The van der Waals surface area contributed by atoms with Gasteiger partial charge in [0.15, 0.2) is 5.78 Å². The van der Waals surface area contributed by atoms with Gasteiger partial charge >= 0.3 is 17.9 Å². The lowest BCUT2D eigenvalue weighted by atomic mass is 9.48. The molecular weight excluding hydrogens is 628 g/mol. The second-order valence-corrected chi connectivity index (χ2v) is 16.0. The van der Waals surface area contributed by atoms with Crippen LogP contribution in [-0.4, -0.2) is 43.0 Å². The summed E-state index contributed by atoms with van der Waals surface area (Å²) in [5.74, 6) is 0.263. The van der Waals surface area contributed by atoms with E-state index in [0.29, 0.717) is 45.6 Å². The molecule has 0 spiro atoms. The van der Waals surface area contributed by atoms with Crippen LogP contribution in [0.2, 0.25) is 0 Å². The molecule has 2 aromatic carbocycles. The molecule has 0 saturated heterocycles. The number of carbonyl (C=O) groups excluding carboxylic acids is 4. The number of hydrogen-bond donors (Lipinski definition) is 0. The minimum Gasteiger partial charge on any atom is -0.466 e. The Morgan fingerprint density at radius 3 is 2.10 bits per heavy atom. The summed E-state index contributed by atoms with van der Waals surface area (Å²) < 4.78 is 17.4. The second-order valence-electron chi connectivity index (χ2n) is 16.0. The van der Waals surface area contributed by atoms with Crippen molar-refractivity contribution in [2.75, 3.05) is 7.11 Å². The van der Waals surface area contributed by atoms with Crippen LogP contribution in [0, 0.1) is 40.4 Å². The predicted molar refractivity (Wildman–Crippen MR) is 187 cm³/mol. The summed E-state index contributed by atoms with van der Waals surface area (Å²) in [6.45, 7) is 4.76. The Morgan fingerprint density at radius 1 is 0.700 bits per heavy atom. The van der Waals surface area contributed by atoms with E-state index in [4.69, 9.17) is 14.2 Å². The fourth-order valence-electron chi connectivity index (χ4n) is 11.0. The number of ether oxygens (including phenoxy) is 3. The Hall–Kier alpha value is -4.26. The van der Waals surface area contributed by atoms with Crippen molar-refractivity contribution in [3.8, 4) is 0 Å². The number of esters is 3. The number of methoxy groups -OCH3 is 1. The standard InChI is InChI=1S/C43H46O7/c1-42-21-19-31(49-41(47)37-29-14-13-28(23-29)36(37)40(46)48-3)24-30(42)15-16-32-33-17-18-35(43(33,2)22-20-34(32)42)50-39(45)27-11-9-26(10-12-27)38(44)25-7-5-4-6-8-25/h4-15,28-29,31-35H,16-24H2,1-3H3/t28?,29?,31-,32-,33-,34-,35-,42-,43-/m0/s1. The van der Waals surface area contributed by atoms with Crippen LogP contribution in [0.3, 0.4) is 0 Å². The molecule has 2 bridgehead atoms. The summed E-state index contributed by atoms with van der Waals surface area (Å²) in [5, 5.41) is 0. The van der Waals surface area contributed by atoms with E-state index in [-0.39, 0.29) is 52.6 Å². The van der Waals surface area contributed by atoms with Gasteiger partial charge in [0.25, 0.3) is 0 Å². The molecule has 0 radical (unpaired) electrons. The van der Waals surface area contributed by atoms with Gasteiger partial charge < -0.3 is 14.2 Å². The van der Waals surface area contributed by atoms with Gasteiger partial charge in [0.1, 0.15) is 12.2 Å². The molecule has 2 unspecified atom stereocenters. The molecule has 260 valence electrons. The number of benzene rings is 2. The molecule has 0 N–H and O–H groups in total. The first-order chi connectivity index (χ1) is 24.1. The van der Waals surface area contributed by atoms with Gasteiger partial charge in [0.2, 0.25) is 0 Å². The molecule has 9 atom stereocenters. The maximum absolute atomic E-state index is 13.5. The predicted octanol–water partition coefficient (Wildman–Crippen LogP) is 7.99. The average Bonchev–Trinajstić information content (AvgIpc) is 3.85. The molecule has 0 heterocycles. The smallest absolute Gasteiger partial charge is 0.338 e. The normalized spacial score (nSPS) is 35.0. The van der Waals surface area contributed by atoms with E-state index in [9.17, 15) is 19.2 Å². The van der Waals surface area contributed by atoms with E-state index in [1.807, 2.05) is 30.4 Å². The zero-order valence-electron chi connectivity index (χ0n) is 29.2. The summed E-state index contributed by atoms with van der Waals surface area (Å²) in [7, 11) is 1.36. The van der Waals surface area contributed by atoms with Crippen molar-refractivity contribution < 1.29 is 33.4 Å². The lowest BCUT2D eigenvalue weighted by Crippen LogP contribution is -2.51. The summed E-state index contributed by atoms with van der Waals surface area (Å²) in [6.07, 6.45) is 14.4. The third-order valence-electron chi connectivity index (χ3n) is 13.7. The Balaban J connectivity index is 0.919. The molecule has 0 aliphatic heterocycles. The highest BCUT2D eigenvalue weighted by Crippen LogP contribution is 2.65. The molecule has 50 heavy (non-hydrogen) atoms. The largest absolute Gasteiger partial charge is 0.466 e. The summed E-state index contributed by atoms with van der Waals surface area (Å²) in [6, 6.07) is 16.0. The zero-order valence-corrected chi connectivity index (χ0v) is 29.2. The molecule has 2 aromatic rings. The fourth-order valence-corrected chi connectivity index (χ4v) is 11.0. The van der Waals surface area contributed by atoms with Gasteiger partial charge in [-0.25, -0.2) is 14.4 Å². The maximum atomic E-state index is 13.5. The van der Waals surface area contributed by atoms with Crippen molar-refractivity contribution in [3.63, 3.8) is 0 Å². The van der Waals surface area contributed by atoms with E-state index >= 15 is 0 Å². The van der Waals surface area contributed by atoms with E-state index in [1.54, 1.807) is 36.4 Å². The Morgan fingerprint density at radius 2 is 1.38 bits per heavy atom. The highest BCUT2D eigenvalue weighted by Gasteiger charge is 2.60. The van der Waals surface area contributed by atoms with Crippen LogP contribution in [0.25, 0.3) is 0 Å². The molecule has 3 saturated carbocycles. The first kappa shape index (κ1) is 32.9. The number of fused-ring (bicyclic) bond motifs is 7. The maximum Gasteiger partial charge on any atom is 0.338 e. The molecule has 3 fully saturated rings. The van der Waals surface area contributed by atoms with Crippen molar-refractivity contribution in [3.05, 3.63) is 106 Å². The van der Waals surface area contributed by atoms with Gasteiger partial charge in [-0.3, -0.25) is 4.79 Å². The Bertz CT molecular complexity index is 1820. The third kappa shape index (κ3) is 5.30.